The van der Waals surface area contributed by atoms with E-state index in [1.165, 1.54) is 0 Å². The van der Waals surface area contributed by atoms with E-state index in [0.717, 1.165) is 16.7 Å². The van der Waals surface area contributed by atoms with Crippen molar-refractivity contribution in [1.82, 2.24) is 9.88 Å². The molecule has 0 radical (unpaired) electrons. The molecule has 1 N–H and O–H groups in total. The number of aliphatic hydroxyl groups is 1. The second kappa shape index (κ2) is 4.53. The number of aryl methyl sites for hydroxylation is 1. The van der Waals surface area contributed by atoms with Crippen LogP contribution in [-0.2, 0) is 10.3 Å². The highest BCUT2D eigenvalue weighted by molar-refractivity contribution is 5.73. The predicted octanol–water partition coefficient (Wildman–Crippen LogP) is 1.82. The van der Waals surface area contributed by atoms with E-state index in [-0.39, 0.29) is 12.1 Å². The fraction of sp³-hybridized carbons (Fsp3) is 0.562. The molecule has 2 atom stereocenters. The van der Waals surface area contributed by atoms with Crippen molar-refractivity contribution >= 4 is 11.1 Å². The lowest BCUT2D eigenvalue weighted by molar-refractivity contribution is -0.137. The molecule has 0 aliphatic carbocycles. The summed E-state index contributed by atoms with van der Waals surface area (Å²) in [5, 5.41) is 11.2. The maximum absolute atomic E-state index is 11.2. The van der Waals surface area contributed by atoms with E-state index in [2.05, 4.69) is 16.9 Å². The average molecular weight is 288 g/mol. The zero-order chi connectivity index (χ0) is 14.6. The van der Waals surface area contributed by atoms with Gasteiger partial charge in [-0.15, -0.1) is 0 Å². The van der Waals surface area contributed by atoms with Gasteiger partial charge in [-0.3, -0.25) is 4.90 Å². The predicted molar refractivity (Wildman–Crippen MR) is 78.0 cm³/mol. The Morgan fingerprint density at radius 3 is 2.71 bits per heavy atom. The molecule has 2 unspecified atom stereocenters. The van der Waals surface area contributed by atoms with Crippen molar-refractivity contribution in [3.8, 4) is 0 Å². The van der Waals surface area contributed by atoms with Crippen molar-refractivity contribution < 1.29 is 14.3 Å². The summed E-state index contributed by atoms with van der Waals surface area (Å²) in [6.45, 7) is 3.23. The Bertz CT molecular complexity index is 667. The summed E-state index contributed by atoms with van der Waals surface area (Å²) in [5.41, 5.74) is 1.71. The molecule has 2 saturated heterocycles. The molecule has 1 aromatic carbocycles. The first kappa shape index (κ1) is 13.2. The van der Waals surface area contributed by atoms with Crippen LogP contribution >= 0.6 is 0 Å². The molecule has 112 valence electrons. The van der Waals surface area contributed by atoms with E-state index in [1.54, 1.807) is 0 Å². The smallest absolute Gasteiger partial charge is 0.192 e. The number of benzene rings is 1. The normalized spacial score (nSPS) is 33.5. The highest BCUT2D eigenvalue weighted by Gasteiger charge is 2.45. The first-order valence-electron chi connectivity index (χ1n) is 7.45. The van der Waals surface area contributed by atoms with Crippen LogP contribution < -0.4 is 0 Å². The van der Waals surface area contributed by atoms with Crippen molar-refractivity contribution in [2.24, 2.45) is 0 Å². The summed E-state index contributed by atoms with van der Waals surface area (Å²) >= 11 is 0. The van der Waals surface area contributed by atoms with Crippen LogP contribution in [0, 0.1) is 6.92 Å². The molecule has 5 nitrogen and oxygen atoms in total. The van der Waals surface area contributed by atoms with Crippen molar-refractivity contribution in [2.45, 2.75) is 37.5 Å². The molecule has 2 bridgehead atoms. The summed E-state index contributed by atoms with van der Waals surface area (Å²) in [4.78, 5) is 6.66. The van der Waals surface area contributed by atoms with Crippen LogP contribution in [0.3, 0.4) is 0 Å². The van der Waals surface area contributed by atoms with E-state index < -0.39 is 5.60 Å². The number of hydrogen-bond acceptors (Lipinski definition) is 5. The van der Waals surface area contributed by atoms with Gasteiger partial charge < -0.3 is 14.3 Å². The molecular weight excluding hydrogens is 268 g/mol. The topological polar surface area (TPSA) is 58.7 Å². The van der Waals surface area contributed by atoms with E-state index in [4.69, 9.17) is 9.15 Å². The number of oxazole rings is 1. The molecule has 4 rings (SSSR count). The molecule has 1 aromatic heterocycles. The van der Waals surface area contributed by atoms with E-state index >= 15 is 0 Å². The van der Waals surface area contributed by atoms with E-state index in [0.29, 0.717) is 31.9 Å². The first-order valence-corrected chi connectivity index (χ1v) is 7.45. The third kappa shape index (κ3) is 2.08. The highest BCUT2D eigenvalue weighted by Crippen LogP contribution is 2.41. The zero-order valence-corrected chi connectivity index (χ0v) is 12.4. The van der Waals surface area contributed by atoms with Gasteiger partial charge in [-0.1, -0.05) is 6.07 Å². The van der Waals surface area contributed by atoms with Crippen molar-refractivity contribution in [2.75, 3.05) is 20.3 Å². The Morgan fingerprint density at radius 2 is 2.00 bits per heavy atom. The summed E-state index contributed by atoms with van der Waals surface area (Å²) in [6.07, 6.45) is 1.39. The second-order valence-electron chi connectivity index (χ2n) is 6.37. The van der Waals surface area contributed by atoms with E-state index in [9.17, 15) is 5.11 Å². The van der Waals surface area contributed by atoms with Gasteiger partial charge >= 0.3 is 0 Å². The number of rotatable bonds is 1. The second-order valence-corrected chi connectivity index (χ2v) is 6.37. The van der Waals surface area contributed by atoms with Crippen LogP contribution in [0.15, 0.2) is 22.6 Å². The maximum atomic E-state index is 11.2. The van der Waals surface area contributed by atoms with Gasteiger partial charge in [-0.25, -0.2) is 4.98 Å². The standard InChI is InChI=1S/C16H20N2O3/c1-10-17-14-4-3-11(5-15(14)21-10)16(19)6-12-8-20-9-13(7-16)18(12)2/h3-5,12-13,19H,6-9H2,1-2H3. The lowest BCUT2D eigenvalue weighted by Gasteiger charge is -2.50. The minimum Gasteiger partial charge on any atom is -0.441 e. The van der Waals surface area contributed by atoms with Gasteiger partial charge in [0.15, 0.2) is 11.5 Å². The van der Waals surface area contributed by atoms with Gasteiger partial charge in [0.05, 0.1) is 18.8 Å². The van der Waals surface area contributed by atoms with Crippen molar-refractivity contribution in [1.29, 1.82) is 0 Å². The SMILES string of the molecule is Cc1nc2ccc(C3(O)CC4COCC(C3)N4C)cc2o1. The minimum absolute atomic E-state index is 0.273. The Morgan fingerprint density at radius 1 is 1.29 bits per heavy atom. The monoisotopic (exact) mass is 288 g/mol. The van der Waals surface area contributed by atoms with Gasteiger partial charge in [0.2, 0.25) is 0 Å². The molecule has 0 amide bonds. The minimum atomic E-state index is -0.805. The Balaban J connectivity index is 1.72. The van der Waals surface area contributed by atoms with E-state index in [1.807, 2.05) is 25.1 Å². The molecule has 0 spiro atoms. The summed E-state index contributed by atoms with van der Waals surface area (Å²) in [5.74, 6) is 0.655. The highest BCUT2D eigenvalue weighted by atomic mass is 16.5. The van der Waals surface area contributed by atoms with Crippen LogP contribution in [0.5, 0.6) is 0 Å². The number of fused-ring (bicyclic) bond motifs is 3. The van der Waals surface area contributed by atoms with Crippen LogP contribution in [0.2, 0.25) is 0 Å². The number of ether oxygens (including phenoxy) is 1. The molecule has 2 aliphatic rings. The number of hydrogen-bond donors (Lipinski definition) is 1. The van der Waals surface area contributed by atoms with Gasteiger partial charge in [-0.2, -0.15) is 0 Å². The maximum Gasteiger partial charge on any atom is 0.192 e. The van der Waals surface area contributed by atoms with Gasteiger partial charge in [-0.05, 0) is 37.6 Å². The molecule has 0 saturated carbocycles. The Kier molecular flexibility index (Phi) is 2.86. The third-order valence-corrected chi connectivity index (χ3v) is 4.95. The van der Waals surface area contributed by atoms with Crippen LogP contribution in [0.4, 0.5) is 0 Å². The fourth-order valence-electron chi connectivity index (χ4n) is 3.71. The van der Waals surface area contributed by atoms with Crippen molar-refractivity contribution in [3.63, 3.8) is 0 Å². The summed E-state index contributed by atoms with van der Waals surface area (Å²) in [6, 6.07) is 6.40. The van der Waals surface area contributed by atoms with Crippen LogP contribution in [-0.4, -0.2) is 47.3 Å². The molecular formula is C16H20N2O3. The molecule has 2 aromatic rings. The lowest BCUT2D eigenvalue weighted by atomic mass is 9.77. The Labute approximate surface area is 123 Å². The number of morpholine rings is 1. The van der Waals surface area contributed by atoms with Gasteiger partial charge in [0.1, 0.15) is 5.52 Å². The van der Waals surface area contributed by atoms with Crippen LogP contribution in [0.1, 0.15) is 24.3 Å². The lowest BCUT2D eigenvalue weighted by Crippen LogP contribution is -2.59. The van der Waals surface area contributed by atoms with Crippen LogP contribution in [0.25, 0.3) is 11.1 Å². The average Bonchev–Trinajstić information content (AvgIpc) is 2.80. The number of aromatic nitrogens is 1. The summed E-state index contributed by atoms with van der Waals surface area (Å²) < 4.78 is 11.2. The third-order valence-electron chi connectivity index (χ3n) is 4.95. The molecule has 3 heterocycles. The molecule has 2 aliphatic heterocycles. The molecule has 5 heteroatoms. The zero-order valence-electron chi connectivity index (χ0n) is 12.4. The number of likely N-dealkylation sites (N-methyl/N-ethyl adjacent to an activating group) is 1. The summed E-state index contributed by atoms with van der Waals surface area (Å²) in [7, 11) is 2.13. The Hall–Kier alpha value is -1.43. The van der Waals surface area contributed by atoms with Gasteiger partial charge in [0, 0.05) is 19.0 Å². The fourth-order valence-corrected chi connectivity index (χ4v) is 3.71. The largest absolute Gasteiger partial charge is 0.441 e. The number of nitrogens with zero attached hydrogens (tertiary/aromatic N) is 2. The number of piperidine rings is 1. The van der Waals surface area contributed by atoms with Crippen molar-refractivity contribution in [3.05, 3.63) is 29.7 Å². The molecule has 2 fully saturated rings. The first-order chi connectivity index (χ1) is 10.0. The van der Waals surface area contributed by atoms with Gasteiger partial charge in [0.25, 0.3) is 0 Å². The quantitative estimate of drug-likeness (QED) is 0.867. The molecule has 21 heavy (non-hydrogen) atoms.